The van der Waals surface area contributed by atoms with E-state index in [1.807, 2.05) is 0 Å². The molecule has 2 nitrogen and oxygen atoms in total. The number of nitrogens with zero attached hydrogens (tertiary/aromatic N) is 1. The normalized spacial score (nSPS) is 16.6. The van der Waals surface area contributed by atoms with E-state index in [2.05, 4.69) is 97.0 Å². The summed E-state index contributed by atoms with van der Waals surface area (Å²) < 4.78 is 7.73. The van der Waals surface area contributed by atoms with Crippen LogP contribution in [0.1, 0.15) is 49.0 Å². The van der Waals surface area contributed by atoms with Crippen LogP contribution < -0.4 is 4.90 Å². The molecule has 2 aromatic rings. The smallest absolute Gasteiger partial charge is 0.149 e. The molecule has 24 heavy (non-hydrogen) atoms. The molecule has 1 unspecified atom stereocenters. The summed E-state index contributed by atoms with van der Waals surface area (Å²) >= 11 is 2.44. The van der Waals surface area contributed by atoms with E-state index in [4.69, 9.17) is 4.74 Å². The van der Waals surface area contributed by atoms with Gasteiger partial charge in [0.05, 0.1) is 3.58 Å². The second-order valence-electron chi connectivity index (χ2n) is 6.41. The van der Waals surface area contributed by atoms with Gasteiger partial charge in [-0.1, -0.05) is 49.7 Å². The van der Waals surface area contributed by atoms with Gasteiger partial charge in [0, 0.05) is 31.8 Å². The van der Waals surface area contributed by atoms with Crippen LogP contribution >= 0.6 is 22.6 Å². The van der Waals surface area contributed by atoms with Crippen molar-refractivity contribution < 1.29 is 4.74 Å². The first-order valence-corrected chi connectivity index (χ1v) is 9.61. The molecular formula is C21H24INO. The highest BCUT2D eigenvalue weighted by molar-refractivity contribution is 14.1. The highest BCUT2D eigenvalue weighted by atomic mass is 127. The lowest BCUT2D eigenvalue weighted by Crippen LogP contribution is -2.14. The fourth-order valence-electron chi connectivity index (χ4n) is 3.03. The van der Waals surface area contributed by atoms with E-state index in [1.54, 1.807) is 0 Å². The van der Waals surface area contributed by atoms with Gasteiger partial charge >= 0.3 is 0 Å². The molecule has 1 atom stereocenters. The number of anilines is 1. The maximum Gasteiger partial charge on any atom is 0.149 e. The van der Waals surface area contributed by atoms with E-state index < -0.39 is 0 Å². The molecule has 0 fully saturated rings. The molecule has 0 N–H and O–H groups in total. The molecule has 0 spiro atoms. The quantitative estimate of drug-likeness (QED) is 0.524. The van der Waals surface area contributed by atoms with Crippen LogP contribution in [0.2, 0.25) is 0 Å². The molecule has 0 amide bonds. The van der Waals surface area contributed by atoms with Gasteiger partial charge in [-0.25, -0.2) is 0 Å². The van der Waals surface area contributed by atoms with Gasteiger partial charge in [-0.3, -0.25) is 0 Å². The van der Waals surface area contributed by atoms with Crippen molar-refractivity contribution in [3.63, 3.8) is 0 Å². The molecule has 0 saturated carbocycles. The van der Waals surface area contributed by atoms with Crippen LogP contribution in [0.4, 0.5) is 5.69 Å². The maximum absolute atomic E-state index is 6.47. The molecule has 0 aromatic heterocycles. The zero-order chi connectivity index (χ0) is 17.1. The minimum Gasteiger partial charge on any atom is -0.484 e. The highest BCUT2D eigenvalue weighted by Crippen LogP contribution is 2.44. The fourth-order valence-corrected chi connectivity index (χ4v) is 3.92. The average molecular weight is 433 g/mol. The van der Waals surface area contributed by atoms with Crippen LogP contribution in [0.5, 0.6) is 0 Å². The van der Waals surface area contributed by atoms with Crippen LogP contribution in [0.15, 0.2) is 54.3 Å². The van der Waals surface area contributed by atoms with Gasteiger partial charge in [0.25, 0.3) is 0 Å². The summed E-state index contributed by atoms with van der Waals surface area (Å²) in [5, 5.41) is 0. The molecule has 1 heterocycles. The third-order valence-electron chi connectivity index (χ3n) is 4.45. The molecule has 0 saturated heterocycles. The Hall–Kier alpha value is -1.49. The van der Waals surface area contributed by atoms with E-state index >= 15 is 0 Å². The summed E-state index contributed by atoms with van der Waals surface area (Å²) in [5.74, 6) is 1.14. The first kappa shape index (κ1) is 17.3. The van der Waals surface area contributed by atoms with E-state index in [0.29, 0.717) is 0 Å². The van der Waals surface area contributed by atoms with Crippen molar-refractivity contribution in [3.8, 4) is 0 Å². The molecule has 0 radical (unpaired) electrons. The molecule has 3 rings (SSSR count). The van der Waals surface area contributed by atoms with Crippen molar-refractivity contribution in [3.05, 3.63) is 71.0 Å². The minimum atomic E-state index is -0.0113. The Labute approximate surface area is 158 Å². The van der Waals surface area contributed by atoms with Gasteiger partial charge in [0.2, 0.25) is 0 Å². The van der Waals surface area contributed by atoms with Crippen LogP contribution in [-0.4, -0.2) is 14.1 Å². The first-order valence-electron chi connectivity index (χ1n) is 8.53. The van der Waals surface area contributed by atoms with Crippen molar-refractivity contribution in [2.45, 2.75) is 32.3 Å². The van der Waals surface area contributed by atoms with Crippen LogP contribution in [0.3, 0.4) is 0 Å². The maximum atomic E-state index is 6.47. The van der Waals surface area contributed by atoms with Crippen LogP contribution in [0, 0.1) is 0 Å². The number of halogens is 1. The number of fused-ring (bicyclic) bond motifs is 1. The second kappa shape index (κ2) is 7.60. The van der Waals surface area contributed by atoms with Crippen molar-refractivity contribution >= 4 is 31.9 Å². The lowest BCUT2D eigenvalue weighted by Gasteiger charge is -2.30. The monoisotopic (exact) mass is 433 g/mol. The zero-order valence-electron chi connectivity index (χ0n) is 14.6. The summed E-state index contributed by atoms with van der Waals surface area (Å²) in [6, 6.07) is 17.3. The average Bonchev–Trinajstić information content (AvgIpc) is 2.61. The van der Waals surface area contributed by atoms with E-state index in [0.717, 1.165) is 18.6 Å². The molecule has 1 aliphatic heterocycles. The second-order valence-corrected chi connectivity index (χ2v) is 7.49. The molecule has 0 bridgehead atoms. The first-order chi connectivity index (χ1) is 11.6. The molecule has 2 aromatic carbocycles. The number of hydrogen-bond donors (Lipinski definition) is 0. The van der Waals surface area contributed by atoms with E-state index in [-0.39, 0.29) is 6.10 Å². The number of unbranched alkanes of at least 4 members (excludes halogenated alkanes) is 1. The molecule has 1 aliphatic rings. The van der Waals surface area contributed by atoms with Gasteiger partial charge in [-0.15, -0.1) is 0 Å². The third-order valence-corrected chi connectivity index (χ3v) is 5.64. The van der Waals surface area contributed by atoms with Gasteiger partial charge in [0.1, 0.15) is 11.9 Å². The Morgan fingerprint density at radius 2 is 1.75 bits per heavy atom. The summed E-state index contributed by atoms with van der Waals surface area (Å²) in [5.41, 5.74) is 5.00. The lowest BCUT2D eigenvalue weighted by molar-refractivity contribution is 0.139. The summed E-state index contributed by atoms with van der Waals surface area (Å²) in [6.07, 6.45) is 3.34. The van der Waals surface area contributed by atoms with Crippen molar-refractivity contribution in [1.29, 1.82) is 0 Å². The SMILES string of the molecule is CCCCC1=C(I)c2ccccc2C(c2ccc(N(C)C)cc2)O1. The van der Waals surface area contributed by atoms with Crippen molar-refractivity contribution in [2.75, 3.05) is 19.0 Å². The van der Waals surface area contributed by atoms with Crippen molar-refractivity contribution in [1.82, 2.24) is 0 Å². The van der Waals surface area contributed by atoms with Gasteiger partial charge < -0.3 is 9.64 Å². The Bertz CT molecular complexity index is 734. The van der Waals surface area contributed by atoms with Crippen LogP contribution in [0.25, 0.3) is 3.58 Å². The number of benzene rings is 2. The van der Waals surface area contributed by atoms with Gasteiger partial charge in [0.15, 0.2) is 0 Å². The minimum absolute atomic E-state index is 0.0113. The largest absolute Gasteiger partial charge is 0.484 e. The molecular weight excluding hydrogens is 409 g/mol. The molecule has 3 heteroatoms. The predicted octanol–water partition coefficient (Wildman–Crippen LogP) is 6.17. The Morgan fingerprint density at radius 3 is 2.42 bits per heavy atom. The topological polar surface area (TPSA) is 12.5 Å². The van der Waals surface area contributed by atoms with E-state index in [1.165, 1.54) is 32.4 Å². The van der Waals surface area contributed by atoms with Crippen LogP contribution in [-0.2, 0) is 4.74 Å². The standard InChI is InChI=1S/C21H24INO/c1-4-5-10-19-20(22)17-8-6-7-9-18(17)21(24-19)15-11-13-16(14-12-15)23(2)3/h6-9,11-14,21H,4-5,10H2,1-3H3. The number of allylic oxidation sites excluding steroid dienone is 1. The number of hydrogen-bond acceptors (Lipinski definition) is 2. The predicted molar refractivity (Wildman–Crippen MR) is 111 cm³/mol. The Morgan fingerprint density at radius 1 is 1.04 bits per heavy atom. The molecule has 0 aliphatic carbocycles. The summed E-state index contributed by atoms with van der Waals surface area (Å²) in [4.78, 5) is 2.12. The number of rotatable bonds is 5. The zero-order valence-corrected chi connectivity index (χ0v) is 16.7. The summed E-state index contributed by atoms with van der Waals surface area (Å²) in [7, 11) is 4.13. The van der Waals surface area contributed by atoms with Crippen molar-refractivity contribution in [2.24, 2.45) is 0 Å². The Kier molecular flexibility index (Phi) is 5.49. The third kappa shape index (κ3) is 3.46. The lowest BCUT2D eigenvalue weighted by atomic mass is 9.93. The van der Waals surface area contributed by atoms with Gasteiger partial charge in [-0.2, -0.15) is 0 Å². The fraction of sp³-hybridized carbons (Fsp3) is 0.333. The molecule has 126 valence electrons. The van der Waals surface area contributed by atoms with Gasteiger partial charge in [-0.05, 0) is 52.3 Å². The summed E-state index contributed by atoms with van der Waals surface area (Å²) in [6.45, 7) is 2.22. The highest BCUT2D eigenvalue weighted by Gasteiger charge is 2.27. The van der Waals surface area contributed by atoms with E-state index in [9.17, 15) is 0 Å². The Balaban J connectivity index is 1.99. The number of ether oxygens (including phenoxy) is 1.